The van der Waals surface area contributed by atoms with E-state index in [4.69, 9.17) is 16.3 Å². The molecular formula is C29H25ClN2O4S. The van der Waals surface area contributed by atoms with Crippen LogP contribution in [-0.4, -0.2) is 45.7 Å². The standard InChI is InChI=1S/C29H25ClN2O4S/c30-17-22-18-37-28-24(31-23(33)16-19-10-4-1-5-11-19)27(34)32(28)25(22)29(35)36-26(20-12-6-2-7-13-20)21-14-8-3-9-15-21/h1-15,24,26,28H,16-18H2,(H,31,33)/t24-,28?/m1/s1. The van der Waals surface area contributed by atoms with Crippen LogP contribution >= 0.6 is 23.4 Å². The highest BCUT2D eigenvalue weighted by molar-refractivity contribution is 8.00. The lowest BCUT2D eigenvalue weighted by molar-refractivity contribution is -0.154. The second kappa shape index (κ2) is 11.2. The largest absolute Gasteiger partial charge is 0.448 e. The van der Waals surface area contributed by atoms with E-state index in [9.17, 15) is 14.4 Å². The Labute approximate surface area is 224 Å². The van der Waals surface area contributed by atoms with Crippen LogP contribution in [0.25, 0.3) is 0 Å². The van der Waals surface area contributed by atoms with Crippen molar-refractivity contribution in [2.45, 2.75) is 23.9 Å². The fourth-order valence-electron chi connectivity index (χ4n) is 4.53. The van der Waals surface area contributed by atoms with Crippen LogP contribution in [0.1, 0.15) is 22.8 Å². The lowest BCUT2D eigenvalue weighted by Crippen LogP contribution is -2.70. The molecule has 0 spiro atoms. The molecule has 0 aromatic heterocycles. The van der Waals surface area contributed by atoms with Crippen molar-refractivity contribution in [2.24, 2.45) is 0 Å². The Morgan fingerprint density at radius 2 is 1.51 bits per heavy atom. The summed E-state index contributed by atoms with van der Waals surface area (Å²) in [5.74, 6) is -0.630. The minimum atomic E-state index is -0.708. The molecule has 1 unspecified atom stereocenters. The Balaban J connectivity index is 1.35. The zero-order valence-electron chi connectivity index (χ0n) is 19.9. The second-order valence-electron chi connectivity index (χ2n) is 8.81. The number of thioether (sulfide) groups is 1. The van der Waals surface area contributed by atoms with Crippen LogP contribution in [0, 0.1) is 0 Å². The molecule has 6 nitrogen and oxygen atoms in total. The van der Waals surface area contributed by atoms with Crippen molar-refractivity contribution in [1.29, 1.82) is 0 Å². The van der Waals surface area contributed by atoms with Gasteiger partial charge in [0.15, 0.2) is 6.10 Å². The topological polar surface area (TPSA) is 75.7 Å². The van der Waals surface area contributed by atoms with Gasteiger partial charge in [-0.05, 0) is 22.3 Å². The highest BCUT2D eigenvalue weighted by Crippen LogP contribution is 2.41. The number of benzene rings is 3. The average molecular weight is 533 g/mol. The van der Waals surface area contributed by atoms with Crippen molar-refractivity contribution < 1.29 is 19.1 Å². The first kappa shape index (κ1) is 25.1. The van der Waals surface area contributed by atoms with E-state index < -0.39 is 23.5 Å². The van der Waals surface area contributed by atoms with E-state index in [2.05, 4.69) is 5.32 Å². The van der Waals surface area contributed by atoms with Crippen LogP contribution in [0.3, 0.4) is 0 Å². The third kappa shape index (κ3) is 5.29. The third-order valence-corrected chi connectivity index (χ3v) is 8.02. The number of fused-ring (bicyclic) bond motifs is 1. The van der Waals surface area contributed by atoms with Gasteiger partial charge in [-0.3, -0.25) is 14.5 Å². The van der Waals surface area contributed by atoms with E-state index in [-0.39, 0.29) is 29.8 Å². The average Bonchev–Trinajstić information content (AvgIpc) is 2.95. The van der Waals surface area contributed by atoms with Crippen LogP contribution in [0.5, 0.6) is 0 Å². The molecule has 1 fully saturated rings. The molecule has 2 amide bonds. The molecule has 2 heterocycles. The number of nitrogens with zero attached hydrogens (tertiary/aromatic N) is 1. The number of hydrogen-bond donors (Lipinski definition) is 1. The monoisotopic (exact) mass is 532 g/mol. The Morgan fingerprint density at radius 3 is 2.08 bits per heavy atom. The van der Waals surface area contributed by atoms with Crippen LogP contribution in [0.4, 0.5) is 0 Å². The minimum Gasteiger partial charge on any atom is -0.448 e. The molecule has 5 rings (SSSR count). The van der Waals surface area contributed by atoms with E-state index in [1.165, 1.54) is 16.7 Å². The molecule has 0 aliphatic carbocycles. The quantitative estimate of drug-likeness (QED) is 0.263. The van der Waals surface area contributed by atoms with Crippen molar-refractivity contribution in [1.82, 2.24) is 10.2 Å². The summed E-state index contributed by atoms with van der Waals surface area (Å²) in [6.45, 7) is 0. The van der Waals surface area contributed by atoms with Crippen molar-refractivity contribution >= 4 is 41.1 Å². The first-order valence-corrected chi connectivity index (χ1v) is 13.5. The molecule has 0 radical (unpaired) electrons. The van der Waals surface area contributed by atoms with Gasteiger partial charge in [0, 0.05) is 11.6 Å². The highest BCUT2D eigenvalue weighted by Gasteiger charge is 2.54. The first-order chi connectivity index (χ1) is 18.1. The van der Waals surface area contributed by atoms with Gasteiger partial charge in [-0.15, -0.1) is 23.4 Å². The fourth-order valence-corrected chi connectivity index (χ4v) is 6.21. The molecule has 3 aromatic rings. The third-order valence-electron chi connectivity index (χ3n) is 6.36. The van der Waals surface area contributed by atoms with Gasteiger partial charge in [0.05, 0.1) is 6.42 Å². The van der Waals surface area contributed by atoms with Crippen LogP contribution in [-0.2, 0) is 25.5 Å². The van der Waals surface area contributed by atoms with E-state index >= 15 is 0 Å². The van der Waals surface area contributed by atoms with Gasteiger partial charge in [-0.25, -0.2) is 4.79 Å². The summed E-state index contributed by atoms with van der Waals surface area (Å²) in [7, 11) is 0. The lowest BCUT2D eigenvalue weighted by Gasteiger charge is -2.49. The van der Waals surface area contributed by atoms with Crippen LogP contribution < -0.4 is 5.32 Å². The predicted octanol–water partition coefficient (Wildman–Crippen LogP) is 4.45. The van der Waals surface area contributed by atoms with Gasteiger partial charge < -0.3 is 10.1 Å². The van der Waals surface area contributed by atoms with Crippen molar-refractivity contribution in [2.75, 3.05) is 11.6 Å². The number of nitrogens with one attached hydrogen (secondary N) is 1. The fraction of sp³-hybridized carbons (Fsp3) is 0.207. The summed E-state index contributed by atoms with van der Waals surface area (Å²) in [4.78, 5) is 40.8. The number of esters is 1. The number of ether oxygens (including phenoxy) is 1. The molecule has 37 heavy (non-hydrogen) atoms. The van der Waals surface area contributed by atoms with Gasteiger partial charge in [0.1, 0.15) is 17.1 Å². The van der Waals surface area contributed by atoms with E-state index in [0.717, 1.165) is 16.7 Å². The number of carbonyl (C=O) groups excluding carboxylic acids is 3. The van der Waals surface area contributed by atoms with E-state index in [0.29, 0.717) is 11.3 Å². The second-order valence-corrected chi connectivity index (χ2v) is 10.2. The predicted molar refractivity (Wildman–Crippen MR) is 144 cm³/mol. The molecular weight excluding hydrogens is 508 g/mol. The van der Waals surface area contributed by atoms with Gasteiger partial charge in [-0.1, -0.05) is 91.0 Å². The minimum absolute atomic E-state index is 0.0975. The van der Waals surface area contributed by atoms with Gasteiger partial charge in [0.25, 0.3) is 5.91 Å². The van der Waals surface area contributed by atoms with Gasteiger partial charge in [-0.2, -0.15) is 0 Å². The smallest absolute Gasteiger partial charge is 0.356 e. The summed E-state index contributed by atoms with van der Waals surface area (Å²) >= 11 is 7.68. The maximum atomic E-state index is 13.6. The summed E-state index contributed by atoms with van der Waals surface area (Å²) in [5.41, 5.74) is 3.31. The molecule has 2 aliphatic rings. The summed E-state index contributed by atoms with van der Waals surface area (Å²) in [5, 5.41) is 2.45. The lowest BCUT2D eigenvalue weighted by atomic mass is 10.0. The number of amides is 2. The Morgan fingerprint density at radius 1 is 0.946 bits per heavy atom. The summed E-state index contributed by atoms with van der Waals surface area (Å²) < 4.78 is 6.04. The zero-order valence-corrected chi connectivity index (χ0v) is 21.5. The number of alkyl halides is 1. The summed E-state index contributed by atoms with van der Waals surface area (Å²) in [6, 6.07) is 27.6. The van der Waals surface area contributed by atoms with Crippen LogP contribution in [0.2, 0.25) is 0 Å². The van der Waals surface area contributed by atoms with Crippen LogP contribution in [0.15, 0.2) is 102 Å². The van der Waals surface area contributed by atoms with Crippen molar-refractivity contribution in [3.05, 3.63) is 119 Å². The summed E-state index contributed by atoms with van der Waals surface area (Å²) in [6.07, 6.45) is -0.472. The van der Waals surface area contributed by atoms with Crippen molar-refractivity contribution in [3.8, 4) is 0 Å². The van der Waals surface area contributed by atoms with E-state index in [1.54, 1.807) is 0 Å². The SMILES string of the molecule is O=C(Cc1ccccc1)N[C@@H]1C(=O)N2C(C(=O)OC(c3ccccc3)c3ccccc3)=C(CCl)CSC12. The molecule has 8 heteroatoms. The molecule has 0 saturated carbocycles. The van der Waals surface area contributed by atoms with Crippen molar-refractivity contribution in [3.63, 3.8) is 0 Å². The zero-order chi connectivity index (χ0) is 25.8. The first-order valence-electron chi connectivity index (χ1n) is 11.9. The molecule has 188 valence electrons. The van der Waals surface area contributed by atoms with Gasteiger partial charge >= 0.3 is 5.97 Å². The Hall–Kier alpha value is -3.55. The number of β-lactam (4-membered cyclic amide) rings is 1. The molecule has 3 aromatic carbocycles. The molecule has 2 aliphatic heterocycles. The normalized spacial score (nSPS) is 18.8. The molecule has 1 N–H and O–H groups in total. The number of halogens is 1. The highest BCUT2D eigenvalue weighted by atomic mass is 35.5. The van der Waals surface area contributed by atoms with E-state index in [1.807, 2.05) is 91.0 Å². The molecule has 1 saturated heterocycles. The van der Waals surface area contributed by atoms with Gasteiger partial charge in [0.2, 0.25) is 5.91 Å². The maximum Gasteiger partial charge on any atom is 0.356 e. The molecule has 0 bridgehead atoms. The Bertz CT molecular complexity index is 1280. The number of carbonyl (C=O) groups is 3. The Kier molecular flexibility index (Phi) is 7.63. The number of hydrogen-bond acceptors (Lipinski definition) is 5. The molecule has 2 atom stereocenters. The number of rotatable bonds is 8. The maximum absolute atomic E-state index is 13.6.